The van der Waals surface area contributed by atoms with Gasteiger partial charge in [0.05, 0.1) is 19.8 Å². The minimum Gasteiger partial charge on any atom is -0.457 e. The Kier molecular flexibility index (Phi) is 9.24. The molecule has 194 valence electrons. The number of rotatable bonds is 11. The maximum Gasteiger partial charge on any atom is 0.249 e. The normalized spacial score (nSPS) is 16.2. The van der Waals surface area contributed by atoms with Crippen LogP contribution in [0.5, 0.6) is 11.5 Å². The maximum absolute atomic E-state index is 13.1. The van der Waals surface area contributed by atoms with Crippen molar-refractivity contribution in [3.63, 3.8) is 0 Å². The molecule has 4 rings (SSSR count). The quantitative estimate of drug-likeness (QED) is 0.394. The van der Waals surface area contributed by atoms with E-state index in [1.165, 1.54) is 24.3 Å². The molecule has 37 heavy (non-hydrogen) atoms. The Balaban J connectivity index is 1.35. The molecule has 0 aliphatic carbocycles. The molecule has 2 amide bonds. The van der Waals surface area contributed by atoms with E-state index in [1.54, 1.807) is 24.3 Å². The van der Waals surface area contributed by atoms with Crippen LogP contribution in [0, 0.1) is 5.82 Å². The summed E-state index contributed by atoms with van der Waals surface area (Å²) in [6, 6.07) is 21.7. The Bertz CT molecular complexity index is 1160. The van der Waals surface area contributed by atoms with Crippen LogP contribution in [-0.2, 0) is 20.9 Å². The standard InChI is InChI=1S/C29H32FN3O4/c1-21-6-5-17-33(21)18-28(34)32-27(20-36-19-22-7-3-2-4-8-22)29(35)31-24-11-15-26(16-12-24)37-25-13-9-23(30)10-14-25/h2-4,7-16,21,27H,5-6,17-20H2,1H3,(H,31,35)(H,32,34)/t21?,27-/m0/s1. The van der Waals surface area contributed by atoms with Gasteiger partial charge in [-0.15, -0.1) is 0 Å². The molecule has 1 heterocycles. The molecule has 1 fully saturated rings. The van der Waals surface area contributed by atoms with Gasteiger partial charge < -0.3 is 20.1 Å². The smallest absolute Gasteiger partial charge is 0.249 e. The van der Waals surface area contributed by atoms with Gasteiger partial charge in [-0.3, -0.25) is 14.5 Å². The Labute approximate surface area is 216 Å². The number of carbonyl (C=O) groups excluding carboxylic acids is 2. The highest BCUT2D eigenvalue weighted by molar-refractivity contribution is 5.97. The summed E-state index contributed by atoms with van der Waals surface area (Å²) in [7, 11) is 0. The predicted molar refractivity (Wildman–Crippen MR) is 140 cm³/mol. The number of carbonyl (C=O) groups is 2. The summed E-state index contributed by atoms with van der Waals surface area (Å²) in [5.41, 5.74) is 1.53. The lowest BCUT2D eigenvalue weighted by Crippen LogP contribution is -2.50. The van der Waals surface area contributed by atoms with Gasteiger partial charge in [-0.2, -0.15) is 0 Å². The molecule has 0 bridgehead atoms. The highest BCUT2D eigenvalue weighted by atomic mass is 19.1. The highest BCUT2D eigenvalue weighted by Crippen LogP contribution is 2.23. The zero-order valence-corrected chi connectivity index (χ0v) is 20.9. The number of nitrogens with one attached hydrogen (secondary N) is 2. The van der Waals surface area contributed by atoms with Gasteiger partial charge in [0, 0.05) is 11.7 Å². The van der Waals surface area contributed by atoms with Crippen LogP contribution < -0.4 is 15.4 Å². The largest absolute Gasteiger partial charge is 0.457 e. The van der Waals surface area contributed by atoms with Crippen molar-refractivity contribution < 1.29 is 23.5 Å². The second kappa shape index (κ2) is 13.0. The lowest BCUT2D eigenvalue weighted by Gasteiger charge is -2.23. The third-order valence-electron chi connectivity index (χ3n) is 6.26. The van der Waals surface area contributed by atoms with Gasteiger partial charge >= 0.3 is 0 Å². The molecular formula is C29H32FN3O4. The van der Waals surface area contributed by atoms with Crippen molar-refractivity contribution >= 4 is 17.5 Å². The van der Waals surface area contributed by atoms with E-state index >= 15 is 0 Å². The molecule has 0 saturated carbocycles. The van der Waals surface area contributed by atoms with Crippen molar-refractivity contribution in [2.24, 2.45) is 0 Å². The Hall–Kier alpha value is -3.75. The fourth-order valence-electron chi connectivity index (χ4n) is 4.18. The zero-order chi connectivity index (χ0) is 26.0. The van der Waals surface area contributed by atoms with Crippen LogP contribution in [0.2, 0.25) is 0 Å². The molecule has 1 unspecified atom stereocenters. The van der Waals surface area contributed by atoms with Gasteiger partial charge in [-0.05, 0) is 80.4 Å². The summed E-state index contributed by atoms with van der Waals surface area (Å²) in [5.74, 6) is 0.127. The number of ether oxygens (including phenoxy) is 2. The molecule has 2 atom stereocenters. The van der Waals surface area contributed by atoms with E-state index in [1.807, 2.05) is 30.3 Å². The number of nitrogens with zero attached hydrogens (tertiary/aromatic N) is 1. The third-order valence-corrected chi connectivity index (χ3v) is 6.26. The summed E-state index contributed by atoms with van der Waals surface area (Å²) in [6.07, 6.45) is 2.14. The Morgan fingerprint density at radius 1 is 1.00 bits per heavy atom. The van der Waals surface area contributed by atoms with Crippen LogP contribution in [0.3, 0.4) is 0 Å². The molecule has 7 nitrogen and oxygen atoms in total. The van der Waals surface area contributed by atoms with Gasteiger partial charge in [-0.1, -0.05) is 30.3 Å². The van der Waals surface area contributed by atoms with Crippen LogP contribution >= 0.6 is 0 Å². The van der Waals surface area contributed by atoms with Crippen LogP contribution in [0.15, 0.2) is 78.9 Å². The average molecular weight is 506 g/mol. The fraction of sp³-hybridized carbons (Fsp3) is 0.310. The van der Waals surface area contributed by atoms with E-state index in [9.17, 15) is 14.0 Å². The maximum atomic E-state index is 13.1. The van der Waals surface area contributed by atoms with Gasteiger partial charge in [0.25, 0.3) is 0 Å². The first-order valence-electron chi connectivity index (χ1n) is 12.5. The molecule has 1 aliphatic heterocycles. The molecular weight excluding hydrogens is 473 g/mol. The fourth-order valence-corrected chi connectivity index (χ4v) is 4.18. The number of halogens is 1. The lowest BCUT2D eigenvalue weighted by molar-refractivity contribution is -0.128. The second-order valence-corrected chi connectivity index (χ2v) is 9.15. The van der Waals surface area contributed by atoms with Crippen LogP contribution in [0.25, 0.3) is 0 Å². The molecule has 1 saturated heterocycles. The highest BCUT2D eigenvalue weighted by Gasteiger charge is 2.26. The Morgan fingerprint density at radius 2 is 1.68 bits per heavy atom. The summed E-state index contributed by atoms with van der Waals surface area (Å²) in [6.45, 7) is 3.60. The minimum absolute atomic E-state index is 0.0355. The summed E-state index contributed by atoms with van der Waals surface area (Å²) in [4.78, 5) is 28.0. The van der Waals surface area contributed by atoms with E-state index < -0.39 is 6.04 Å². The van der Waals surface area contributed by atoms with Crippen LogP contribution in [-0.4, -0.2) is 48.5 Å². The number of anilines is 1. The number of benzene rings is 3. The topological polar surface area (TPSA) is 79.9 Å². The van der Waals surface area contributed by atoms with Crippen molar-refractivity contribution in [1.82, 2.24) is 10.2 Å². The zero-order valence-electron chi connectivity index (χ0n) is 20.9. The molecule has 3 aromatic rings. The first kappa shape index (κ1) is 26.3. The summed E-state index contributed by atoms with van der Waals surface area (Å²) >= 11 is 0. The average Bonchev–Trinajstić information content (AvgIpc) is 3.30. The van der Waals surface area contributed by atoms with Crippen molar-refractivity contribution in [2.45, 2.75) is 38.5 Å². The van der Waals surface area contributed by atoms with E-state index in [0.29, 0.717) is 29.8 Å². The SMILES string of the molecule is CC1CCCN1CC(=O)N[C@@H](COCc1ccccc1)C(=O)Nc1ccc(Oc2ccc(F)cc2)cc1. The first-order chi connectivity index (χ1) is 18.0. The van der Waals surface area contributed by atoms with Crippen molar-refractivity contribution in [3.8, 4) is 11.5 Å². The van der Waals surface area contributed by atoms with E-state index in [2.05, 4.69) is 22.5 Å². The van der Waals surface area contributed by atoms with Crippen LogP contribution in [0.1, 0.15) is 25.3 Å². The van der Waals surface area contributed by atoms with Crippen molar-refractivity contribution in [1.29, 1.82) is 0 Å². The van der Waals surface area contributed by atoms with Crippen molar-refractivity contribution in [2.75, 3.05) is 25.0 Å². The van der Waals surface area contributed by atoms with E-state index in [0.717, 1.165) is 24.9 Å². The van der Waals surface area contributed by atoms with Crippen molar-refractivity contribution in [3.05, 3.63) is 90.2 Å². The van der Waals surface area contributed by atoms with Crippen LogP contribution in [0.4, 0.5) is 10.1 Å². The lowest BCUT2D eigenvalue weighted by atomic mass is 10.2. The van der Waals surface area contributed by atoms with Gasteiger partial charge in [-0.25, -0.2) is 4.39 Å². The van der Waals surface area contributed by atoms with Gasteiger partial charge in [0.2, 0.25) is 11.8 Å². The molecule has 0 spiro atoms. The predicted octanol–water partition coefficient (Wildman–Crippen LogP) is 4.74. The number of hydrogen-bond acceptors (Lipinski definition) is 5. The molecule has 1 aliphatic rings. The number of amides is 2. The Morgan fingerprint density at radius 3 is 2.32 bits per heavy atom. The van der Waals surface area contributed by atoms with E-state index in [4.69, 9.17) is 9.47 Å². The summed E-state index contributed by atoms with van der Waals surface area (Å²) < 4.78 is 24.6. The molecule has 0 aromatic heterocycles. The molecule has 3 aromatic carbocycles. The monoisotopic (exact) mass is 505 g/mol. The second-order valence-electron chi connectivity index (χ2n) is 9.15. The molecule has 2 N–H and O–H groups in total. The molecule has 8 heteroatoms. The van der Waals surface area contributed by atoms with Gasteiger partial charge in [0.15, 0.2) is 0 Å². The first-order valence-corrected chi connectivity index (χ1v) is 12.5. The summed E-state index contributed by atoms with van der Waals surface area (Å²) in [5, 5.41) is 5.69. The third kappa shape index (κ3) is 8.13. The minimum atomic E-state index is -0.857. The van der Waals surface area contributed by atoms with Gasteiger partial charge in [0.1, 0.15) is 23.4 Å². The number of hydrogen-bond donors (Lipinski definition) is 2. The molecule has 0 radical (unpaired) electrons. The van der Waals surface area contributed by atoms with E-state index in [-0.39, 0.29) is 30.8 Å². The number of likely N-dealkylation sites (tertiary alicyclic amines) is 1.